The second kappa shape index (κ2) is 8.80. The average molecular weight is 294 g/mol. The molecule has 0 saturated heterocycles. The topological polar surface area (TPSA) is 37.3 Å². The lowest BCUT2D eigenvalue weighted by atomic mass is 9.77. The Bertz CT molecular complexity index is 297. The zero-order chi connectivity index (χ0) is 15.1. The molecule has 2 saturated carbocycles. The monoisotopic (exact) mass is 294 g/mol. The van der Waals surface area contributed by atoms with Crippen molar-refractivity contribution in [2.24, 2.45) is 23.7 Å². The van der Waals surface area contributed by atoms with Gasteiger partial charge in [0.2, 0.25) is 0 Å². The minimum absolute atomic E-state index is 0.396. The van der Waals surface area contributed by atoms with Crippen molar-refractivity contribution >= 4 is 5.97 Å². The van der Waals surface area contributed by atoms with Crippen molar-refractivity contribution < 1.29 is 9.90 Å². The molecule has 21 heavy (non-hydrogen) atoms. The predicted molar refractivity (Wildman–Crippen MR) is 87.3 cm³/mol. The Morgan fingerprint density at radius 3 is 1.71 bits per heavy atom. The number of carboxylic acids is 1. The third kappa shape index (κ3) is 6.40. The Kier molecular flexibility index (Phi) is 7.06. The van der Waals surface area contributed by atoms with Gasteiger partial charge >= 0.3 is 5.97 Å². The Hall–Kier alpha value is -0.530. The first-order valence-electron chi connectivity index (χ1n) is 9.35. The zero-order valence-electron chi connectivity index (χ0n) is 13.9. The first-order chi connectivity index (χ1) is 10.1. The van der Waals surface area contributed by atoms with Gasteiger partial charge in [0.15, 0.2) is 0 Å². The van der Waals surface area contributed by atoms with Crippen LogP contribution in [0.3, 0.4) is 0 Å². The van der Waals surface area contributed by atoms with Crippen LogP contribution in [-0.2, 0) is 4.79 Å². The summed E-state index contributed by atoms with van der Waals surface area (Å²) in [5, 5.41) is 8.85. The Labute approximate surface area is 130 Å². The maximum absolute atomic E-state index is 10.7. The number of hydrogen-bond acceptors (Lipinski definition) is 1. The molecule has 2 rings (SSSR count). The maximum Gasteiger partial charge on any atom is 0.303 e. The number of unbranched alkanes of at least 4 members (excludes halogenated alkanes) is 1. The highest BCUT2D eigenvalue weighted by molar-refractivity contribution is 5.67. The molecule has 2 aliphatic rings. The molecule has 2 fully saturated rings. The summed E-state index contributed by atoms with van der Waals surface area (Å²) in [4.78, 5) is 10.7. The number of carboxylic acid groups (broad SMARTS) is 1. The molecule has 0 atom stereocenters. The van der Waals surface area contributed by atoms with Crippen molar-refractivity contribution in [3.63, 3.8) is 0 Å². The molecular formula is C19H34O2. The van der Waals surface area contributed by atoms with Gasteiger partial charge in [-0.2, -0.15) is 0 Å². The molecule has 2 nitrogen and oxygen atoms in total. The highest BCUT2D eigenvalue weighted by atomic mass is 16.4. The molecule has 0 aromatic rings. The van der Waals surface area contributed by atoms with E-state index >= 15 is 0 Å². The van der Waals surface area contributed by atoms with Crippen molar-refractivity contribution in [2.45, 2.75) is 90.4 Å². The van der Waals surface area contributed by atoms with Crippen LogP contribution in [0.5, 0.6) is 0 Å². The number of aliphatic carboxylic acids is 1. The molecule has 0 aromatic heterocycles. The Balaban J connectivity index is 1.49. The van der Waals surface area contributed by atoms with Gasteiger partial charge < -0.3 is 5.11 Å². The second-order valence-corrected chi connectivity index (χ2v) is 7.89. The SMILES string of the molecule is CC1CCC(CCCCC2CCC(CC(=O)O)CC2)CC1. The summed E-state index contributed by atoms with van der Waals surface area (Å²) in [7, 11) is 0. The smallest absolute Gasteiger partial charge is 0.303 e. The molecule has 0 radical (unpaired) electrons. The van der Waals surface area contributed by atoms with Crippen molar-refractivity contribution in [1.29, 1.82) is 0 Å². The van der Waals surface area contributed by atoms with Crippen molar-refractivity contribution in [1.82, 2.24) is 0 Å². The lowest BCUT2D eigenvalue weighted by Crippen LogP contribution is -2.17. The van der Waals surface area contributed by atoms with E-state index in [9.17, 15) is 4.79 Å². The van der Waals surface area contributed by atoms with Crippen LogP contribution in [0.4, 0.5) is 0 Å². The number of rotatable bonds is 7. The molecule has 2 heteroatoms. The highest BCUT2D eigenvalue weighted by Crippen LogP contribution is 2.35. The average Bonchev–Trinajstić information content (AvgIpc) is 2.46. The van der Waals surface area contributed by atoms with E-state index in [1.165, 1.54) is 64.2 Å². The summed E-state index contributed by atoms with van der Waals surface area (Å²) < 4.78 is 0. The summed E-state index contributed by atoms with van der Waals surface area (Å²) in [5.41, 5.74) is 0. The van der Waals surface area contributed by atoms with Gasteiger partial charge in [0, 0.05) is 6.42 Å². The molecule has 0 spiro atoms. The van der Waals surface area contributed by atoms with Gasteiger partial charge in [-0.15, -0.1) is 0 Å². The van der Waals surface area contributed by atoms with Gasteiger partial charge in [-0.1, -0.05) is 71.1 Å². The summed E-state index contributed by atoms with van der Waals surface area (Å²) >= 11 is 0. The molecule has 0 heterocycles. The molecule has 2 aliphatic carbocycles. The van der Waals surface area contributed by atoms with Crippen LogP contribution in [-0.4, -0.2) is 11.1 Å². The minimum Gasteiger partial charge on any atom is -0.481 e. The van der Waals surface area contributed by atoms with E-state index in [2.05, 4.69) is 6.92 Å². The van der Waals surface area contributed by atoms with E-state index in [1.54, 1.807) is 0 Å². The number of hydrogen-bond donors (Lipinski definition) is 1. The van der Waals surface area contributed by atoms with E-state index in [1.807, 2.05) is 0 Å². The van der Waals surface area contributed by atoms with Crippen LogP contribution in [0, 0.1) is 23.7 Å². The van der Waals surface area contributed by atoms with Gasteiger partial charge in [-0.3, -0.25) is 4.79 Å². The van der Waals surface area contributed by atoms with Crippen LogP contribution in [0.15, 0.2) is 0 Å². The fourth-order valence-electron chi connectivity index (χ4n) is 4.46. The quantitative estimate of drug-likeness (QED) is 0.616. The maximum atomic E-state index is 10.7. The molecule has 122 valence electrons. The molecule has 0 amide bonds. The molecule has 0 aromatic carbocycles. The van der Waals surface area contributed by atoms with Crippen molar-refractivity contribution in [3.05, 3.63) is 0 Å². The van der Waals surface area contributed by atoms with Crippen LogP contribution < -0.4 is 0 Å². The van der Waals surface area contributed by atoms with E-state index in [4.69, 9.17) is 5.11 Å². The van der Waals surface area contributed by atoms with E-state index < -0.39 is 5.97 Å². The summed E-state index contributed by atoms with van der Waals surface area (Å²) in [5.74, 6) is 2.74. The van der Waals surface area contributed by atoms with Gasteiger partial charge in [-0.05, 0) is 36.5 Å². The third-order valence-electron chi connectivity index (χ3n) is 6.04. The summed E-state index contributed by atoms with van der Waals surface area (Å²) in [6, 6.07) is 0. The van der Waals surface area contributed by atoms with Crippen LogP contribution in [0.1, 0.15) is 90.4 Å². The first kappa shape index (κ1) is 16.8. The first-order valence-corrected chi connectivity index (χ1v) is 9.35. The fraction of sp³-hybridized carbons (Fsp3) is 0.947. The predicted octanol–water partition coefficient (Wildman–Crippen LogP) is 5.65. The van der Waals surface area contributed by atoms with Crippen molar-refractivity contribution in [3.8, 4) is 0 Å². The van der Waals surface area contributed by atoms with Gasteiger partial charge in [0.25, 0.3) is 0 Å². The normalized spacial score (nSPS) is 33.8. The minimum atomic E-state index is -0.611. The van der Waals surface area contributed by atoms with E-state index in [0.717, 1.165) is 30.6 Å². The van der Waals surface area contributed by atoms with Crippen molar-refractivity contribution in [2.75, 3.05) is 0 Å². The van der Waals surface area contributed by atoms with Crippen LogP contribution >= 0.6 is 0 Å². The van der Waals surface area contributed by atoms with E-state index in [0.29, 0.717) is 12.3 Å². The standard InChI is InChI=1S/C19H34O2/c1-15-6-8-16(9-7-15)4-2-3-5-17-10-12-18(13-11-17)14-19(20)21/h15-18H,2-14H2,1H3,(H,20,21). The fourth-order valence-corrected chi connectivity index (χ4v) is 4.46. The molecule has 0 bridgehead atoms. The third-order valence-corrected chi connectivity index (χ3v) is 6.04. The Morgan fingerprint density at radius 1 is 0.810 bits per heavy atom. The largest absolute Gasteiger partial charge is 0.481 e. The van der Waals surface area contributed by atoms with Gasteiger partial charge in [0.1, 0.15) is 0 Å². The van der Waals surface area contributed by atoms with Crippen LogP contribution in [0.2, 0.25) is 0 Å². The summed E-state index contributed by atoms with van der Waals surface area (Å²) in [6.45, 7) is 2.40. The van der Waals surface area contributed by atoms with E-state index in [-0.39, 0.29) is 0 Å². The Morgan fingerprint density at radius 2 is 1.24 bits per heavy atom. The van der Waals surface area contributed by atoms with Gasteiger partial charge in [-0.25, -0.2) is 0 Å². The lowest BCUT2D eigenvalue weighted by molar-refractivity contribution is -0.138. The molecule has 0 aliphatic heterocycles. The molecule has 0 unspecified atom stereocenters. The van der Waals surface area contributed by atoms with Gasteiger partial charge in [0.05, 0.1) is 0 Å². The zero-order valence-corrected chi connectivity index (χ0v) is 13.9. The number of carbonyl (C=O) groups is 1. The highest BCUT2D eigenvalue weighted by Gasteiger charge is 2.23. The second-order valence-electron chi connectivity index (χ2n) is 7.89. The molecule has 1 N–H and O–H groups in total. The van der Waals surface area contributed by atoms with Crippen LogP contribution in [0.25, 0.3) is 0 Å². The lowest BCUT2D eigenvalue weighted by Gasteiger charge is -2.28. The molecular weight excluding hydrogens is 260 g/mol. The summed E-state index contributed by atoms with van der Waals surface area (Å²) in [6.07, 6.45) is 16.8.